The van der Waals surface area contributed by atoms with Crippen molar-refractivity contribution >= 4 is 18.5 Å². The van der Waals surface area contributed by atoms with Gasteiger partial charge in [0.05, 0.1) is 12.9 Å². The van der Waals surface area contributed by atoms with E-state index >= 15 is 0 Å². The first kappa shape index (κ1) is 5.82. The molecule has 0 aromatic carbocycles. The van der Waals surface area contributed by atoms with Crippen molar-refractivity contribution in [1.82, 2.24) is 0 Å². The molecular weight excluding hydrogens is 98.1 g/mol. The summed E-state index contributed by atoms with van der Waals surface area (Å²) in [5.74, 6) is 0.432. The minimum Gasteiger partial charge on any atom is -0.484 e. The largest absolute Gasteiger partial charge is 0.484 e. The van der Waals surface area contributed by atoms with E-state index in [9.17, 15) is 0 Å². The summed E-state index contributed by atoms with van der Waals surface area (Å²) in [6.07, 6.45) is 0. The maximum Gasteiger partial charge on any atom is 0.191 e. The zero-order valence-corrected chi connectivity index (χ0v) is 4.34. The molecular formula is C3H6NOS. The Bertz CT molecular complexity index is 48.8. The first-order chi connectivity index (χ1) is 2.81. The van der Waals surface area contributed by atoms with Crippen molar-refractivity contribution in [1.29, 1.82) is 5.41 Å². The van der Waals surface area contributed by atoms with Crippen molar-refractivity contribution in [2.75, 3.05) is 12.9 Å². The third kappa shape index (κ3) is 2.08. The number of nitrogens with one attached hydrogen (secondary N) is 1. The summed E-state index contributed by atoms with van der Waals surface area (Å²) in [6, 6.07) is 0. The predicted molar refractivity (Wildman–Crippen MR) is 27.2 cm³/mol. The smallest absolute Gasteiger partial charge is 0.191 e. The first-order valence-electron chi connectivity index (χ1n) is 1.50. The van der Waals surface area contributed by atoms with Crippen LogP contribution in [0.1, 0.15) is 0 Å². The molecule has 0 aromatic heterocycles. The Hall–Kier alpha value is -0.180. The Morgan fingerprint density at radius 2 is 2.50 bits per heavy atom. The lowest BCUT2D eigenvalue weighted by atomic mass is 10.8. The van der Waals surface area contributed by atoms with Crippen molar-refractivity contribution in [3.63, 3.8) is 0 Å². The molecule has 0 aliphatic heterocycles. The van der Waals surface area contributed by atoms with E-state index in [0.29, 0.717) is 0 Å². The van der Waals surface area contributed by atoms with Crippen LogP contribution in [0.3, 0.4) is 0 Å². The van der Waals surface area contributed by atoms with Crippen LogP contribution in [0.5, 0.6) is 0 Å². The second kappa shape index (κ2) is 3.03. The third-order valence-corrected chi connectivity index (χ3v) is 0.640. The van der Waals surface area contributed by atoms with Crippen molar-refractivity contribution in [2.24, 2.45) is 0 Å². The van der Waals surface area contributed by atoms with Crippen LogP contribution in [-0.4, -0.2) is 18.8 Å². The van der Waals surface area contributed by atoms with Crippen LogP contribution in [0.2, 0.25) is 0 Å². The van der Waals surface area contributed by atoms with E-state index in [0.717, 1.165) is 0 Å². The normalized spacial score (nSPS) is 7.67. The van der Waals surface area contributed by atoms with Crippen molar-refractivity contribution in [3.05, 3.63) is 0 Å². The number of hydrogen-bond acceptors (Lipinski definition) is 2. The average molecular weight is 104 g/mol. The fraction of sp³-hybridized carbons (Fsp3) is 0.667. The monoisotopic (exact) mass is 104 g/mol. The Morgan fingerprint density at radius 3 is 2.50 bits per heavy atom. The zero-order chi connectivity index (χ0) is 4.99. The maximum atomic E-state index is 6.66. The highest BCUT2D eigenvalue weighted by Gasteiger charge is 1.83. The number of hydrogen-bond donors (Lipinski definition) is 1. The zero-order valence-electron chi connectivity index (χ0n) is 3.52. The molecule has 3 heteroatoms. The second-order valence-electron chi connectivity index (χ2n) is 0.772. The van der Waals surface area contributed by atoms with Crippen LogP contribution in [0.4, 0.5) is 0 Å². The van der Waals surface area contributed by atoms with E-state index in [1.165, 1.54) is 7.11 Å². The predicted octanol–water partition coefficient (Wildman–Crippen LogP) is 0.808. The molecule has 0 saturated carbocycles. The molecule has 0 fully saturated rings. The number of methoxy groups -OCH3 is 1. The van der Waals surface area contributed by atoms with Gasteiger partial charge in [-0.2, -0.15) is 0 Å². The molecule has 6 heavy (non-hydrogen) atoms. The molecule has 1 radical (unpaired) electrons. The topological polar surface area (TPSA) is 33.1 Å². The van der Waals surface area contributed by atoms with E-state index in [-0.39, 0.29) is 11.7 Å². The van der Waals surface area contributed by atoms with Crippen LogP contribution in [0.25, 0.3) is 0 Å². The van der Waals surface area contributed by atoms with Gasteiger partial charge in [0.2, 0.25) is 0 Å². The Morgan fingerprint density at radius 1 is 2.00 bits per heavy atom. The van der Waals surface area contributed by atoms with Crippen LogP contribution in [-0.2, 0) is 4.74 Å². The standard InChI is InChI=1S/C3H6NOS/c1-5-3(4)2-6/h4H,2H2,1H3. The molecule has 35 valence electrons. The highest BCUT2D eigenvalue weighted by molar-refractivity contribution is 7.81. The van der Waals surface area contributed by atoms with Crippen LogP contribution in [0, 0.1) is 5.41 Å². The molecule has 0 heterocycles. The van der Waals surface area contributed by atoms with E-state index < -0.39 is 0 Å². The molecule has 0 bridgehead atoms. The van der Waals surface area contributed by atoms with Gasteiger partial charge in [0, 0.05) is 0 Å². The summed E-state index contributed by atoms with van der Waals surface area (Å²) in [5, 5.41) is 6.66. The van der Waals surface area contributed by atoms with Crippen LogP contribution >= 0.6 is 12.6 Å². The van der Waals surface area contributed by atoms with Crippen molar-refractivity contribution in [2.45, 2.75) is 0 Å². The summed E-state index contributed by atoms with van der Waals surface area (Å²) < 4.78 is 4.38. The van der Waals surface area contributed by atoms with Crippen molar-refractivity contribution in [3.8, 4) is 0 Å². The Balaban J connectivity index is 2.99. The van der Waals surface area contributed by atoms with Gasteiger partial charge in [0.25, 0.3) is 0 Å². The van der Waals surface area contributed by atoms with E-state index in [2.05, 4.69) is 17.4 Å². The highest BCUT2D eigenvalue weighted by Crippen LogP contribution is 1.75. The summed E-state index contributed by atoms with van der Waals surface area (Å²) in [4.78, 5) is 0. The first-order valence-corrected chi connectivity index (χ1v) is 2.08. The van der Waals surface area contributed by atoms with Gasteiger partial charge in [-0.25, -0.2) is 0 Å². The lowest BCUT2D eigenvalue weighted by molar-refractivity contribution is 0.397. The maximum absolute atomic E-state index is 6.66. The van der Waals surface area contributed by atoms with Gasteiger partial charge in [0.15, 0.2) is 5.90 Å². The van der Waals surface area contributed by atoms with Gasteiger partial charge < -0.3 is 4.74 Å². The second-order valence-corrected chi connectivity index (χ2v) is 1.06. The Labute approximate surface area is 42.4 Å². The van der Waals surface area contributed by atoms with Gasteiger partial charge in [-0.3, -0.25) is 5.41 Å². The molecule has 0 unspecified atom stereocenters. The van der Waals surface area contributed by atoms with Crippen molar-refractivity contribution < 1.29 is 4.74 Å². The van der Waals surface area contributed by atoms with Gasteiger partial charge in [-0.05, 0) is 0 Å². The van der Waals surface area contributed by atoms with Gasteiger partial charge >= 0.3 is 0 Å². The molecule has 0 aromatic rings. The third-order valence-electron chi connectivity index (χ3n) is 0.377. The van der Waals surface area contributed by atoms with Gasteiger partial charge in [-0.1, -0.05) is 12.6 Å². The van der Waals surface area contributed by atoms with Crippen LogP contribution in [0.15, 0.2) is 0 Å². The summed E-state index contributed by atoms with van der Waals surface area (Å²) >= 11 is 4.42. The van der Waals surface area contributed by atoms with E-state index in [4.69, 9.17) is 5.41 Å². The van der Waals surface area contributed by atoms with E-state index in [1.807, 2.05) is 0 Å². The molecule has 0 spiro atoms. The molecule has 0 aliphatic carbocycles. The lowest BCUT2D eigenvalue weighted by Crippen LogP contribution is -1.98. The molecule has 0 amide bonds. The number of rotatable bonds is 1. The molecule has 0 atom stereocenters. The quantitative estimate of drug-likeness (QED) is 0.387. The fourth-order valence-corrected chi connectivity index (χ4v) is 0.177. The Kier molecular flexibility index (Phi) is 2.94. The average Bonchev–Trinajstić information content (AvgIpc) is 1.65. The van der Waals surface area contributed by atoms with Gasteiger partial charge in [-0.15, -0.1) is 0 Å². The molecule has 0 saturated heterocycles. The SMILES string of the molecule is COC(=N)C[S]. The molecule has 0 rings (SSSR count). The minimum absolute atomic E-state index is 0.157. The number of ether oxygens (including phenoxy) is 1. The highest BCUT2D eigenvalue weighted by atomic mass is 32.1. The minimum atomic E-state index is 0.157. The summed E-state index contributed by atoms with van der Waals surface area (Å²) in [7, 11) is 1.44. The fourth-order valence-electron chi connectivity index (χ4n) is 0.0589. The summed E-state index contributed by atoms with van der Waals surface area (Å²) in [5.41, 5.74) is 0. The molecule has 1 N–H and O–H groups in total. The molecule has 2 nitrogen and oxygen atoms in total. The van der Waals surface area contributed by atoms with E-state index in [1.54, 1.807) is 0 Å². The van der Waals surface area contributed by atoms with Gasteiger partial charge in [0.1, 0.15) is 0 Å². The summed E-state index contributed by atoms with van der Waals surface area (Å²) in [6.45, 7) is 0. The molecule has 0 aliphatic rings. The lowest BCUT2D eigenvalue weighted by Gasteiger charge is -1.90. The van der Waals surface area contributed by atoms with Crippen LogP contribution < -0.4 is 0 Å².